The van der Waals surface area contributed by atoms with Crippen molar-refractivity contribution in [2.24, 2.45) is 0 Å². The Morgan fingerprint density at radius 3 is 3.05 bits per heavy atom. The van der Waals surface area contributed by atoms with E-state index in [9.17, 15) is 4.79 Å². The molecule has 1 aromatic rings. The summed E-state index contributed by atoms with van der Waals surface area (Å²) in [6.45, 7) is 3.60. The Bertz CT molecular complexity index is 482. The minimum absolute atomic E-state index is 0.0419. The third kappa shape index (κ3) is 3.20. The van der Waals surface area contributed by atoms with Crippen molar-refractivity contribution in [2.75, 3.05) is 30.4 Å². The van der Waals surface area contributed by atoms with Crippen LogP contribution in [0.25, 0.3) is 0 Å². The second-order valence-electron chi connectivity index (χ2n) is 4.71. The van der Waals surface area contributed by atoms with Gasteiger partial charge in [-0.1, -0.05) is 0 Å². The number of rotatable bonds is 4. The van der Waals surface area contributed by atoms with Crippen LogP contribution >= 0.6 is 15.9 Å². The van der Waals surface area contributed by atoms with Gasteiger partial charge in [0.1, 0.15) is 11.9 Å². The van der Waals surface area contributed by atoms with Gasteiger partial charge in [0.25, 0.3) is 0 Å². The second kappa shape index (κ2) is 6.88. The number of amides is 1. The van der Waals surface area contributed by atoms with Crippen molar-refractivity contribution in [3.05, 3.63) is 10.7 Å². The highest BCUT2D eigenvalue weighted by atomic mass is 79.9. The molecule has 110 valence electrons. The lowest BCUT2D eigenvalue weighted by Crippen LogP contribution is -2.49. The zero-order valence-corrected chi connectivity index (χ0v) is 13.4. The molecule has 0 saturated carbocycles. The van der Waals surface area contributed by atoms with E-state index < -0.39 is 0 Å². The number of hydrogen-bond donors (Lipinski definition) is 2. The van der Waals surface area contributed by atoms with Gasteiger partial charge in [0.05, 0.1) is 4.47 Å². The van der Waals surface area contributed by atoms with Gasteiger partial charge in [-0.25, -0.2) is 4.98 Å². The summed E-state index contributed by atoms with van der Waals surface area (Å²) in [5, 5.41) is 5.84. The molecular formula is C13H20BrN5O. The Labute approximate surface area is 127 Å². The summed E-state index contributed by atoms with van der Waals surface area (Å²) in [6, 6.07) is -0.158. The number of nitrogens with zero attached hydrogens (tertiary/aromatic N) is 3. The van der Waals surface area contributed by atoms with Gasteiger partial charge in [0, 0.05) is 26.3 Å². The fourth-order valence-electron chi connectivity index (χ4n) is 2.43. The molecule has 1 aliphatic heterocycles. The minimum atomic E-state index is -0.158. The highest BCUT2D eigenvalue weighted by molar-refractivity contribution is 9.10. The molecule has 2 rings (SSSR count). The van der Waals surface area contributed by atoms with Gasteiger partial charge in [0.15, 0.2) is 0 Å². The number of nitrogens with one attached hydrogen (secondary N) is 2. The molecule has 1 aromatic heterocycles. The predicted octanol–water partition coefficient (Wildman–Crippen LogP) is 1.78. The highest BCUT2D eigenvalue weighted by Crippen LogP contribution is 2.30. The van der Waals surface area contributed by atoms with Crippen LogP contribution in [-0.4, -0.2) is 42.1 Å². The summed E-state index contributed by atoms with van der Waals surface area (Å²) in [5.41, 5.74) is 0. The van der Waals surface area contributed by atoms with Crippen molar-refractivity contribution < 1.29 is 4.79 Å². The highest BCUT2D eigenvalue weighted by Gasteiger charge is 2.30. The van der Waals surface area contributed by atoms with E-state index in [0.717, 1.165) is 42.6 Å². The molecule has 0 radical (unpaired) electrons. The van der Waals surface area contributed by atoms with E-state index in [1.807, 2.05) is 6.92 Å². The zero-order chi connectivity index (χ0) is 14.5. The van der Waals surface area contributed by atoms with E-state index in [4.69, 9.17) is 0 Å². The molecule has 1 atom stereocenters. The van der Waals surface area contributed by atoms with Crippen LogP contribution in [-0.2, 0) is 4.79 Å². The third-order valence-electron chi connectivity index (χ3n) is 3.38. The van der Waals surface area contributed by atoms with Crippen LogP contribution < -0.4 is 15.5 Å². The fourth-order valence-corrected chi connectivity index (χ4v) is 2.85. The zero-order valence-electron chi connectivity index (χ0n) is 11.8. The van der Waals surface area contributed by atoms with Crippen LogP contribution in [0.15, 0.2) is 10.7 Å². The van der Waals surface area contributed by atoms with Gasteiger partial charge < -0.3 is 15.5 Å². The standard InChI is InChI=1S/C13H20BrN5O/c1-3-16-13-17-8-9(14)11(18-13)19-7-5-4-6-10(19)12(20)15-2/h8,10H,3-7H2,1-2H3,(H,15,20)(H,16,17,18). The number of hydrogen-bond acceptors (Lipinski definition) is 5. The van der Waals surface area contributed by atoms with Gasteiger partial charge in [-0.3, -0.25) is 4.79 Å². The van der Waals surface area contributed by atoms with Crippen molar-refractivity contribution in [3.8, 4) is 0 Å². The van der Waals surface area contributed by atoms with Crippen LogP contribution in [0, 0.1) is 0 Å². The van der Waals surface area contributed by atoms with Gasteiger partial charge in [-0.2, -0.15) is 4.98 Å². The first-order valence-electron chi connectivity index (χ1n) is 6.92. The number of carbonyl (C=O) groups is 1. The lowest BCUT2D eigenvalue weighted by atomic mass is 10.0. The Hall–Kier alpha value is -1.37. The van der Waals surface area contributed by atoms with Crippen LogP contribution in [0.1, 0.15) is 26.2 Å². The number of carbonyl (C=O) groups excluding carboxylic acids is 1. The summed E-state index contributed by atoms with van der Waals surface area (Å²) < 4.78 is 0.815. The Morgan fingerprint density at radius 2 is 2.35 bits per heavy atom. The number of likely N-dealkylation sites (N-methyl/N-ethyl adjacent to an activating group) is 1. The molecule has 1 saturated heterocycles. The molecule has 0 aliphatic carbocycles. The van der Waals surface area contributed by atoms with Crippen LogP contribution in [0.5, 0.6) is 0 Å². The first kappa shape index (κ1) is 15.0. The average molecular weight is 342 g/mol. The number of piperidine rings is 1. The maximum Gasteiger partial charge on any atom is 0.242 e. The van der Waals surface area contributed by atoms with E-state index in [-0.39, 0.29) is 11.9 Å². The normalized spacial score (nSPS) is 18.8. The van der Waals surface area contributed by atoms with Crippen LogP contribution in [0.4, 0.5) is 11.8 Å². The number of anilines is 2. The Balaban J connectivity index is 2.31. The van der Waals surface area contributed by atoms with Gasteiger partial charge in [-0.15, -0.1) is 0 Å². The van der Waals surface area contributed by atoms with Crippen molar-refractivity contribution in [3.63, 3.8) is 0 Å². The van der Waals surface area contributed by atoms with Gasteiger partial charge in [0.2, 0.25) is 11.9 Å². The maximum absolute atomic E-state index is 12.0. The van der Waals surface area contributed by atoms with Crippen molar-refractivity contribution in [1.29, 1.82) is 0 Å². The van der Waals surface area contributed by atoms with E-state index in [1.54, 1.807) is 13.2 Å². The molecule has 2 N–H and O–H groups in total. The lowest BCUT2D eigenvalue weighted by Gasteiger charge is -2.35. The maximum atomic E-state index is 12.0. The summed E-state index contributed by atoms with van der Waals surface area (Å²) >= 11 is 3.49. The molecule has 0 bridgehead atoms. The van der Waals surface area contributed by atoms with Crippen molar-refractivity contribution in [1.82, 2.24) is 15.3 Å². The topological polar surface area (TPSA) is 70.2 Å². The van der Waals surface area contributed by atoms with E-state index >= 15 is 0 Å². The van der Waals surface area contributed by atoms with E-state index in [1.165, 1.54) is 0 Å². The Kier molecular flexibility index (Phi) is 5.17. The SMILES string of the molecule is CCNc1ncc(Br)c(N2CCCCC2C(=O)NC)n1. The molecule has 0 spiro atoms. The molecular weight excluding hydrogens is 322 g/mol. The summed E-state index contributed by atoms with van der Waals surface area (Å²) in [6.07, 6.45) is 4.72. The first-order chi connectivity index (χ1) is 9.67. The molecule has 2 heterocycles. The largest absolute Gasteiger partial charge is 0.357 e. The van der Waals surface area contributed by atoms with Crippen LogP contribution in [0.3, 0.4) is 0 Å². The van der Waals surface area contributed by atoms with E-state index in [2.05, 4.69) is 41.4 Å². The summed E-state index contributed by atoms with van der Waals surface area (Å²) in [4.78, 5) is 22.9. The van der Waals surface area contributed by atoms with Gasteiger partial charge >= 0.3 is 0 Å². The number of halogens is 1. The summed E-state index contributed by atoms with van der Waals surface area (Å²) in [5.74, 6) is 1.41. The molecule has 0 aromatic carbocycles. The molecule has 6 nitrogen and oxygen atoms in total. The average Bonchev–Trinajstić information content (AvgIpc) is 2.49. The monoisotopic (exact) mass is 341 g/mol. The summed E-state index contributed by atoms with van der Waals surface area (Å²) in [7, 11) is 1.67. The quantitative estimate of drug-likeness (QED) is 0.873. The molecule has 1 amide bonds. The van der Waals surface area contributed by atoms with Gasteiger partial charge in [-0.05, 0) is 42.1 Å². The van der Waals surface area contributed by atoms with Crippen molar-refractivity contribution >= 4 is 33.6 Å². The smallest absolute Gasteiger partial charge is 0.242 e. The minimum Gasteiger partial charge on any atom is -0.357 e. The predicted molar refractivity (Wildman–Crippen MR) is 82.9 cm³/mol. The first-order valence-corrected chi connectivity index (χ1v) is 7.71. The molecule has 7 heteroatoms. The fraction of sp³-hybridized carbons (Fsp3) is 0.615. The molecule has 1 aliphatic rings. The Morgan fingerprint density at radius 1 is 1.55 bits per heavy atom. The molecule has 1 fully saturated rings. The van der Waals surface area contributed by atoms with E-state index in [0.29, 0.717) is 5.95 Å². The van der Waals surface area contributed by atoms with Crippen LogP contribution in [0.2, 0.25) is 0 Å². The third-order valence-corrected chi connectivity index (χ3v) is 3.94. The number of aromatic nitrogens is 2. The molecule has 1 unspecified atom stereocenters. The second-order valence-corrected chi connectivity index (χ2v) is 5.57. The van der Waals surface area contributed by atoms with Crippen molar-refractivity contribution in [2.45, 2.75) is 32.2 Å². The lowest BCUT2D eigenvalue weighted by molar-refractivity contribution is -0.122. The molecule has 20 heavy (non-hydrogen) atoms.